The summed E-state index contributed by atoms with van der Waals surface area (Å²) in [5.74, 6) is 0.109. The molecule has 2 N–H and O–H groups in total. The highest BCUT2D eigenvalue weighted by Crippen LogP contribution is 2.41. The fourth-order valence-electron chi connectivity index (χ4n) is 4.58. The quantitative estimate of drug-likeness (QED) is 0.472. The molecule has 2 aromatic carbocycles. The first-order valence-corrected chi connectivity index (χ1v) is 12.8. The van der Waals surface area contributed by atoms with Gasteiger partial charge in [-0.3, -0.25) is 9.59 Å². The van der Waals surface area contributed by atoms with E-state index in [1.165, 1.54) is 0 Å². The number of anilines is 1. The van der Waals surface area contributed by atoms with Crippen LogP contribution >= 0.6 is 0 Å². The van der Waals surface area contributed by atoms with Crippen LogP contribution in [0.5, 0.6) is 0 Å². The standard InChI is InChI=1S/C28H36N6O2/c1-19(2)29-16-15-26(36)33-18-21-10-5-6-11-22(21)28-27(23-12-7-8-13-24(23)33)31-32-34(28)17-9-14-25(35)30-20(3)4/h5-8,10-13,19-20,29H,9,14-18H2,1-4H3,(H,30,35). The number of carbonyl (C=O) groups excluding carboxylic acids is 2. The van der Waals surface area contributed by atoms with Crippen LogP contribution in [0, 0.1) is 0 Å². The normalized spacial score (nSPS) is 12.6. The molecule has 4 rings (SSSR count). The van der Waals surface area contributed by atoms with Crippen LogP contribution in [-0.4, -0.2) is 45.4 Å². The lowest BCUT2D eigenvalue weighted by atomic mass is 9.95. The highest BCUT2D eigenvalue weighted by Gasteiger charge is 2.28. The lowest BCUT2D eigenvalue weighted by Gasteiger charge is -2.28. The van der Waals surface area contributed by atoms with Gasteiger partial charge in [0.25, 0.3) is 0 Å². The van der Waals surface area contributed by atoms with Gasteiger partial charge in [0.15, 0.2) is 0 Å². The Labute approximate surface area is 213 Å². The summed E-state index contributed by atoms with van der Waals surface area (Å²) in [6, 6.07) is 16.5. The first-order chi connectivity index (χ1) is 17.3. The van der Waals surface area contributed by atoms with Crippen molar-refractivity contribution in [1.29, 1.82) is 0 Å². The highest BCUT2D eigenvalue weighted by atomic mass is 16.2. The molecular formula is C28H36N6O2. The van der Waals surface area contributed by atoms with Crippen LogP contribution in [0.15, 0.2) is 48.5 Å². The SMILES string of the molecule is CC(C)NCCC(=O)N1Cc2ccccc2-c2c(nnn2CCCC(=O)NC(C)C)-c2ccccc21. The largest absolute Gasteiger partial charge is 0.354 e. The molecule has 1 aliphatic rings. The number of nitrogens with one attached hydrogen (secondary N) is 2. The van der Waals surface area contributed by atoms with Gasteiger partial charge in [-0.1, -0.05) is 61.5 Å². The van der Waals surface area contributed by atoms with Crippen molar-refractivity contribution in [2.24, 2.45) is 0 Å². The third-order valence-electron chi connectivity index (χ3n) is 6.20. The van der Waals surface area contributed by atoms with Crippen LogP contribution in [0.3, 0.4) is 0 Å². The van der Waals surface area contributed by atoms with Gasteiger partial charge in [-0.15, -0.1) is 5.10 Å². The number of amides is 2. The Hall–Kier alpha value is -3.52. The molecule has 3 aromatic rings. The van der Waals surface area contributed by atoms with E-state index < -0.39 is 0 Å². The van der Waals surface area contributed by atoms with E-state index in [-0.39, 0.29) is 17.9 Å². The Kier molecular flexibility index (Phi) is 8.15. The van der Waals surface area contributed by atoms with Gasteiger partial charge in [-0.2, -0.15) is 0 Å². The number of nitrogens with zero attached hydrogens (tertiary/aromatic N) is 4. The zero-order valence-electron chi connectivity index (χ0n) is 21.6. The van der Waals surface area contributed by atoms with Crippen LogP contribution in [0.25, 0.3) is 22.5 Å². The molecule has 0 bridgehead atoms. The molecule has 0 aliphatic carbocycles. The summed E-state index contributed by atoms with van der Waals surface area (Å²) < 4.78 is 1.90. The molecule has 36 heavy (non-hydrogen) atoms. The van der Waals surface area contributed by atoms with Gasteiger partial charge in [0, 0.05) is 49.1 Å². The fourth-order valence-corrected chi connectivity index (χ4v) is 4.58. The van der Waals surface area contributed by atoms with E-state index >= 15 is 0 Å². The topological polar surface area (TPSA) is 92.2 Å². The maximum Gasteiger partial charge on any atom is 0.228 e. The second-order valence-electron chi connectivity index (χ2n) is 9.85. The van der Waals surface area contributed by atoms with E-state index in [1.54, 1.807) is 0 Å². The average molecular weight is 489 g/mol. The van der Waals surface area contributed by atoms with Gasteiger partial charge in [0.2, 0.25) is 11.8 Å². The summed E-state index contributed by atoms with van der Waals surface area (Å²) in [7, 11) is 0. The number of hydrogen-bond donors (Lipinski definition) is 2. The summed E-state index contributed by atoms with van der Waals surface area (Å²) in [5, 5.41) is 15.4. The van der Waals surface area contributed by atoms with Gasteiger partial charge in [0.05, 0.1) is 17.9 Å². The Bertz CT molecular complexity index is 1220. The second kappa shape index (κ2) is 11.5. The molecule has 1 aliphatic heterocycles. The molecule has 2 heterocycles. The summed E-state index contributed by atoms with van der Waals surface area (Å²) in [6.45, 7) is 9.75. The fraction of sp³-hybridized carbons (Fsp3) is 0.429. The lowest BCUT2D eigenvalue weighted by molar-refractivity contribution is -0.121. The van der Waals surface area contributed by atoms with Crippen LogP contribution in [-0.2, 0) is 22.7 Å². The molecule has 0 radical (unpaired) electrons. The van der Waals surface area contributed by atoms with Gasteiger partial charge < -0.3 is 15.5 Å². The van der Waals surface area contributed by atoms with Crippen molar-refractivity contribution in [3.8, 4) is 22.5 Å². The minimum absolute atomic E-state index is 0.0415. The van der Waals surface area contributed by atoms with Crippen molar-refractivity contribution in [1.82, 2.24) is 25.6 Å². The van der Waals surface area contributed by atoms with Crippen LogP contribution in [0.1, 0.15) is 52.5 Å². The van der Waals surface area contributed by atoms with Crippen LogP contribution in [0.4, 0.5) is 5.69 Å². The Morgan fingerprint density at radius 2 is 1.67 bits per heavy atom. The summed E-state index contributed by atoms with van der Waals surface area (Å²) in [5.41, 5.74) is 5.46. The first-order valence-electron chi connectivity index (χ1n) is 12.8. The van der Waals surface area contributed by atoms with E-state index in [4.69, 9.17) is 0 Å². The van der Waals surface area contributed by atoms with Crippen molar-refractivity contribution in [3.05, 3.63) is 54.1 Å². The Balaban J connectivity index is 1.70. The number of rotatable bonds is 9. The third-order valence-corrected chi connectivity index (χ3v) is 6.20. The maximum atomic E-state index is 13.4. The van der Waals surface area contributed by atoms with Gasteiger partial charge in [-0.25, -0.2) is 4.68 Å². The molecule has 0 saturated carbocycles. The molecule has 0 saturated heterocycles. The molecule has 1 aromatic heterocycles. The van der Waals surface area contributed by atoms with Crippen molar-refractivity contribution in [2.45, 2.75) is 72.1 Å². The molecule has 8 nitrogen and oxygen atoms in total. The molecule has 2 amide bonds. The molecule has 0 fully saturated rings. The zero-order valence-corrected chi connectivity index (χ0v) is 21.6. The number of para-hydroxylation sites is 1. The monoisotopic (exact) mass is 488 g/mol. The number of aromatic nitrogens is 3. The molecule has 0 atom stereocenters. The molecule has 8 heteroatoms. The van der Waals surface area contributed by atoms with Gasteiger partial charge in [0.1, 0.15) is 5.69 Å². The average Bonchev–Trinajstić information content (AvgIpc) is 3.24. The van der Waals surface area contributed by atoms with Crippen molar-refractivity contribution < 1.29 is 9.59 Å². The molecule has 0 spiro atoms. The minimum Gasteiger partial charge on any atom is -0.354 e. The van der Waals surface area contributed by atoms with E-state index in [9.17, 15) is 9.59 Å². The third kappa shape index (κ3) is 5.82. The van der Waals surface area contributed by atoms with E-state index in [2.05, 4.69) is 46.9 Å². The summed E-state index contributed by atoms with van der Waals surface area (Å²) in [6.07, 6.45) is 1.50. The van der Waals surface area contributed by atoms with Crippen molar-refractivity contribution in [3.63, 3.8) is 0 Å². The van der Waals surface area contributed by atoms with Crippen LogP contribution < -0.4 is 15.5 Å². The van der Waals surface area contributed by atoms with E-state index in [1.807, 2.05) is 59.8 Å². The zero-order chi connectivity index (χ0) is 25.7. The van der Waals surface area contributed by atoms with E-state index in [0.717, 1.165) is 33.8 Å². The van der Waals surface area contributed by atoms with E-state index in [0.29, 0.717) is 44.9 Å². The maximum absolute atomic E-state index is 13.4. The van der Waals surface area contributed by atoms with Crippen LogP contribution in [0.2, 0.25) is 0 Å². The number of fused-ring (bicyclic) bond motifs is 5. The predicted molar refractivity (Wildman–Crippen MR) is 142 cm³/mol. The Morgan fingerprint density at radius 1 is 0.944 bits per heavy atom. The minimum atomic E-state index is 0.0415. The van der Waals surface area contributed by atoms with Crippen molar-refractivity contribution in [2.75, 3.05) is 11.4 Å². The Morgan fingerprint density at radius 3 is 2.42 bits per heavy atom. The van der Waals surface area contributed by atoms with Gasteiger partial charge >= 0.3 is 0 Å². The number of benzene rings is 2. The summed E-state index contributed by atoms with van der Waals surface area (Å²) >= 11 is 0. The number of carbonyl (C=O) groups is 2. The molecular weight excluding hydrogens is 452 g/mol. The molecule has 190 valence electrons. The number of hydrogen-bond acceptors (Lipinski definition) is 5. The molecule has 0 unspecified atom stereocenters. The van der Waals surface area contributed by atoms with Gasteiger partial charge in [-0.05, 0) is 31.9 Å². The van der Waals surface area contributed by atoms with Crippen molar-refractivity contribution >= 4 is 17.5 Å². The lowest BCUT2D eigenvalue weighted by Crippen LogP contribution is -2.35. The number of aryl methyl sites for hydroxylation is 1. The first kappa shape index (κ1) is 25.6. The predicted octanol–water partition coefficient (Wildman–Crippen LogP) is 4.15. The second-order valence-corrected chi connectivity index (χ2v) is 9.85. The smallest absolute Gasteiger partial charge is 0.228 e. The highest BCUT2D eigenvalue weighted by molar-refractivity contribution is 6.00. The summed E-state index contributed by atoms with van der Waals surface area (Å²) in [4.78, 5) is 27.4.